The van der Waals surface area contributed by atoms with Gasteiger partial charge in [0, 0.05) is 50.7 Å². The number of carbonyl (C=O) groups is 1. The number of piperazine rings is 1. The maximum absolute atomic E-state index is 12.3. The Morgan fingerprint density at radius 3 is 2.78 bits per heavy atom. The van der Waals surface area contributed by atoms with Gasteiger partial charge in [0.1, 0.15) is 0 Å². The number of likely N-dealkylation sites (N-methyl/N-ethyl adjacent to an activating group) is 1. The van der Waals surface area contributed by atoms with Gasteiger partial charge in [-0.05, 0) is 24.4 Å². The fourth-order valence-corrected chi connectivity index (χ4v) is 4.03. The summed E-state index contributed by atoms with van der Waals surface area (Å²) >= 11 is 1.71. The van der Waals surface area contributed by atoms with E-state index in [1.807, 2.05) is 18.0 Å². The van der Waals surface area contributed by atoms with Gasteiger partial charge in [0.15, 0.2) is 0 Å². The van der Waals surface area contributed by atoms with Crippen LogP contribution in [-0.2, 0) is 11.3 Å². The zero-order valence-corrected chi connectivity index (χ0v) is 15.4. The summed E-state index contributed by atoms with van der Waals surface area (Å²) in [5, 5.41) is 5.49. The Hall–Kier alpha value is -0.660. The Morgan fingerprint density at radius 2 is 2.17 bits per heavy atom. The summed E-state index contributed by atoms with van der Waals surface area (Å²) in [5.74, 6) is 0.226. The van der Waals surface area contributed by atoms with Gasteiger partial charge in [-0.25, -0.2) is 0 Å². The highest BCUT2D eigenvalue weighted by Gasteiger charge is 2.27. The molecule has 1 amide bonds. The maximum Gasteiger partial charge on any atom is 0.236 e. The lowest BCUT2D eigenvalue weighted by Crippen LogP contribution is -2.52. The predicted octanol–water partition coefficient (Wildman–Crippen LogP) is 1.11. The molecule has 1 unspecified atom stereocenters. The van der Waals surface area contributed by atoms with E-state index in [1.54, 1.807) is 11.3 Å². The summed E-state index contributed by atoms with van der Waals surface area (Å²) in [7, 11) is 1.91. The quantitative estimate of drug-likeness (QED) is 0.855. The van der Waals surface area contributed by atoms with Gasteiger partial charge in [-0.3, -0.25) is 14.6 Å². The fraction of sp³-hybridized carbons (Fsp3) is 0.688. The number of halogens is 1. The molecule has 1 atom stereocenters. The summed E-state index contributed by atoms with van der Waals surface area (Å²) in [4.78, 5) is 20.3. The lowest BCUT2D eigenvalue weighted by molar-refractivity contribution is -0.132. The van der Waals surface area contributed by atoms with E-state index in [9.17, 15) is 4.79 Å². The van der Waals surface area contributed by atoms with Crippen molar-refractivity contribution in [1.82, 2.24) is 20.0 Å². The third kappa shape index (κ3) is 5.16. The van der Waals surface area contributed by atoms with Crippen molar-refractivity contribution in [3.63, 3.8) is 0 Å². The van der Waals surface area contributed by atoms with Crippen LogP contribution in [-0.4, -0.2) is 79.5 Å². The van der Waals surface area contributed by atoms with E-state index in [2.05, 4.69) is 26.6 Å². The van der Waals surface area contributed by atoms with Gasteiger partial charge in [0.2, 0.25) is 5.91 Å². The molecule has 23 heavy (non-hydrogen) atoms. The molecule has 3 heterocycles. The molecule has 7 heteroatoms. The molecule has 3 rings (SSSR count). The van der Waals surface area contributed by atoms with E-state index in [4.69, 9.17) is 0 Å². The first kappa shape index (κ1) is 18.7. The molecule has 2 fully saturated rings. The Bertz CT molecular complexity index is 470. The molecule has 1 aromatic heterocycles. The number of amides is 1. The van der Waals surface area contributed by atoms with Crippen molar-refractivity contribution in [2.24, 2.45) is 0 Å². The Balaban J connectivity index is 0.00000192. The van der Waals surface area contributed by atoms with Gasteiger partial charge in [-0.1, -0.05) is 6.07 Å². The molecule has 0 spiro atoms. The van der Waals surface area contributed by atoms with Gasteiger partial charge < -0.3 is 10.2 Å². The van der Waals surface area contributed by atoms with E-state index < -0.39 is 0 Å². The highest BCUT2D eigenvalue weighted by Crippen LogP contribution is 2.13. The Kier molecular flexibility index (Phi) is 7.30. The SMILES string of the molecule is CN(Cc1cccs1)C(=O)CN1CCN(C2CCNC2)CC1.Cl. The van der Waals surface area contributed by atoms with Gasteiger partial charge in [-0.2, -0.15) is 0 Å². The lowest BCUT2D eigenvalue weighted by Gasteiger charge is -2.37. The standard InChI is InChI=1S/C16H26N4OS.ClH/c1-18(12-15-3-2-10-22-15)16(21)13-19-6-8-20(9-7-19)14-4-5-17-11-14;/h2-3,10,14,17H,4-9,11-13H2,1H3;1H. The van der Waals surface area contributed by atoms with Gasteiger partial charge in [-0.15, -0.1) is 23.7 Å². The molecule has 0 radical (unpaired) electrons. The molecular formula is C16H27ClN4OS. The second-order valence-electron chi connectivity index (χ2n) is 6.29. The average molecular weight is 359 g/mol. The molecule has 1 N–H and O–H groups in total. The number of carbonyl (C=O) groups excluding carboxylic acids is 1. The minimum Gasteiger partial charge on any atom is -0.340 e. The highest BCUT2D eigenvalue weighted by atomic mass is 35.5. The molecule has 0 aromatic carbocycles. The van der Waals surface area contributed by atoms with E-state index in [-0.39, 0.29) is 18.3 Å². The number of nitrogens with one attached hydrogen (secondary N) is 1. The smallest absolute Gasteiger partial charge is 0.236 e. The summed E-state index contributed by atoms with van der Waals surface area (Å²) in [6, 6.07) is 4.83. The van der Waals surface area contributed by atoms with Crippen LogP contribution in [0, 0.1) is 0 Å². The highest BCUT2D eigenvalue weighted by molar-refractivity contribution is 7.09. The largest absolute Gasteiger partial charge is 0.340 e. The zero-order valence-electron chi connectivity index (χ0n) is 13.7. The molecule has 2 saturated heterocycles. The van der Waals surface area contributed by atoms with Crippen LogP contribution in [0.3, 0.4) is 0 Å². The first-order valence-electron chi connectivity index (χ1n) is 8.16. The number of rotatable bonds is 5. The van der Waals surface area contributed by atoms with Crippen molar-refractivity contribution in [1.29, 1.82) is 0 Å². The molecule has 0 saturated carbocycles. The molecule has 5 nitrogen and oxygen atoms in total. The van der Waals surface area contributed by atoms with E-state index in [0.29, 0.717) is 12.6 Å². The fourth-order valence-electron chi connectivity index (χ4n) is 3.27. The van der Waals surface area contributed by atoms with Crippen molar-refractivity contribution in [2.75, 3.05) is 52.9 Å². The number of hydrogen-bond donors (Lipinski definition) is 1. The van der Waals surface area contributed by atoms with Crippen molar-refractivity contribution in [2.45, 2.75) is 19.0 Å². The molecule has 0 aliphatic carbocycles. The van der Waals surface area contributed by atoms with Gasteiger partial charge >= 0.3 is 0 Å². The van der Waals surface area contributed by atoms with E-state index in [0.717, 1.165) is 45.8 Å². The van der Waals surface area contributed by atoms with Crippen LogP contribution >= 0.6 is 23.7 Å². The van der Waals surface area contributed by atoms with Crippen LogP contribution in [0.1, 0.15) is 11.3 Å². The normalized spacial score (nSPS) is 22.7. The topological polar surface area (TPSA) is 38.8 Å². The molecule has 2 aliphatic heterocycles. The first-order chi connectivity index (χ1) is 10.7. The second kappa shape index (κ2) is 8.99. The first-order valence-corrected chi connectivity index (χ1v) is 9.04. The third-order valence-corrected chi connectivity index (χ3v) is 5.58. The van der Waals surface area contributed by atoms with Crippen molar-refractivity contribution >= 4 is 29.7 Å². The van der Waals surface area contributed by atoms with Crippen LogP contribution in [0.4, 0.5) is 0 Å². The number of nitrogens with zero attached hydrogens (tertiary/aromatic N) is 3. The maximum atomic E-state index is 12.3. The lowest BCUT2D eigenvalue weighted by atomic mass is 10.2. The summed E-state index contributed by atoms with van der Waals surface area (Å²) in [5.41, 5.74) is 0. The molecule has 2 aliphatic rings. The van der Waals surface area contributed by atoms with Crippen LogP contribution in [0.25, 0.3) is 0 Å². The minimum atomic E-state index is 0. The second-order valence-corrected chi connectivity index (χ2v) is 7.32. The zero-order chi connectivity index (χ0) is 15.4. The van der Waals surface area contributed by atoms with Crippen LogP contribution in [0.5, 0.6) is 0 Å². The number of thiophene rings is 1. The van der Waals surface area contributed by atoms with Crippen molar-refractivity contribution in [3.05, 3.63) is 22.4 Å². The summed E-state index contributed by atoms with van der Waals surface area (Å²) in [6.07, 6.45) is 1.27. The average Bonchev–Trinajstić information content (AvgIpc) is 3.21. The van der Waals surface area contributed by atoms with Crippen LogP contribution in [0.2, 0.25) is 0 Å². The molecular weight excluding hydrogens is 332 g/mol. The van der Waals surface area contributed by atoms with Gasteiger partial charge in [0.25, 0.3) is 0 Å². The molecule has 0 bridgehead atoms. The van der Waals surface area contributed by atoms with E-state index >= 15 is 0 Å². The number of hydrogen-bond acceptors (Lipinski definition) is 5. The third-order valence-electron chi connectivity index (χ3n) is 4.72. The van der Waals surface area contributed by atoms with Crippen LogP contribution in [0.15, 0.2) is 17.5 Å². The Labute approximate surface area is 149 Å². The minimum absolute atomic E-state index is 0. The van der Waals surface area contributed by atoms with Crippen LogP contribution < -0.4 is 5.32 Å². The summed E-state index contributed by atoms with van der Waals surface area (Å²) < 4.78 is 0. The summed E-state index contributed by atoms with van der Waals surface area (Å²) in [6.45, 7) is 7.76. The van der Waals surface area contributed by atoms with E-state index in [1.165, 1.54) is 11.3 Å². The van der Waals surface area contributed by atoms with Gasteiger partial charge in [0.05, 0.1) is 13.1 Å². The Morgan fingerprint density at radius 1 is 1.39 bits per heavy atom. The molecule has 1 aromatic rings. The monoisotopic (exact) mass is 358 g/mol. The van der Waals surface area contributed by atoms with Crippen molar-refractivity contribution < 1.29 is 4.79 Å². The predicted molar refractivity (Wildman–Crippen MR) is 97.3 cm³/mol. The molecule has 130 valence electrons. The van der Waals surface area contributed by atoms with Crippen molar-refractivity contribution in [3.8, 4) is 0 Å².